The van der Waals surface area contributed by atoms with Gasteiger partial charge in [-0.05, 0) is 30.9 Å². The predicted octanol–water partition coefficient (Wildman–Crippen LogP) is 3.30. The zero-order valence-electron chi connectivity index (χ0n) is 8.73. The van der Waals surface area contributed by atoms with Crippen molar-refractivity contribution in [1.82, 2.24) is 0 Å². The predicted molar refractivity (Wildman–Crippen MR) is 61.7 cm³/mol. The van der Waals surface area contributed by atoms with E-state index in [4.69, 9.17) is 4.84 Å². The minimum absolute atomic E-state index is 0.554. The van der Waals surface area contributed by atoms with Crippen molar-refractivity contribution in [3.63, 3.8) is 0 Å². The first kappa shape index (κ1) is 9.97. The van der Waals surface area contributed by atoms with Crippen molar-refractivity contribution in [3.8, 4) is 0 Å². The number of nitrogens with zero attached hydrogens (tertiary/aromatic N) is 1. The van der Waals surface area contributed by atoms with E-state index < -0.39 is 0 Å². The standard InChI is InChI=1S/C13H15NO/c1-3-7-12(8-4-1)11-15-14-13-9-5-2-6-10-13/h1,3-5,7-9H,2,6,10-11H2/b14-13-. The highest BCUT2D eigenvalue weighted by molar-refractivity contribution is 5.95. The van der Waals surface area contributed by atoms with Crippen LogP contribution >= 0.6 is 0 Å². The molecule has 78 valence electrons. The molecule has 0 saturated heterocycles. The number of oxime groups is 1. The van der Waals surface area contributed by atoms with Crippen molar-refractivity contribution in [3.05, 3.63) is 48.0 Å². The molecule has 1 aliphatic rings. The number of rotatable bonds is 3. The van der Waals surface area contributed by atoms with Crippen molar-refractivity contribution in [1.29, 1.82) is 0 Å². The molecule has 0 atom stereocenters. The van der Waals surface area contributed by atoms with Gasteiger partial charge in [-0.3, -0.25) is 0 Å². The minimum atomic E-state index is 0.554. The van der Waals surface area contributed by atoms with Crippen molar-refractivity contribution >= 4 is 5.71 Å². The molecule has 0 heterocycles. The Morgan fingerprint density at radius 1 is 1.20 bits per heavy atom. The maximum Gasteiger partial charge on any atom is 0.142 e. The molecule has 0 saturated carbocycles. The highest BCUT2D eigenvalue weighted by atomic mass is 16.6. The summed E-state index contributed by atoms with van der Waals surface area (Å²) in [7, 11) is 0. The summed E-state index contributed by atoms with van der Waals surface area (Å²) in [4.78, 5) is 5.30. The van der Waals surface area contributed by atoms with Crippen LogP contribution in [0.5, 0.6) is 0 Å². The normalized spacial score (nSPS) is 18.0. The number of hydrogen-bond acceptors (Lipinski definition) is 2. The summed E-state index contributed by atoms with van der Waals surface area (Å²) in [6.07, 6.45) is 7.58. The molecular formula is C13H15NO. The fourth-order valence-electron chi connectivity index (χ4n) is 1.54. The zero-order valence-corrected chi connectivity index (χ0v) is 8.73. The third kappa shape index (κ3) is 3.24. The Morgan fingerprint density at radius 3 is 2.80 bits per heavy atom. The molecule has 1 aromatic rings. The molecule has 0 aliphatic heterocycles. The van der Waals surface area contributed by atoms with Crippen LogP contribution in [0.1, 0.15) is 24.8 Å². The Hall–Kier alpha value is -1.57. The largest absolute Gasteiger partial charge is 0.391 e. The smallest absolute Gasteiger partial charge is 0.142 e. The molecule has 1 aliphatic carbocycles. The minimum Gasteiger partial charge on any atom is -0.391 e. The van der Waals surface area contributed by atoms with E-state index in [1.807, 2.05) is 30.3 Å². The molecule has 1 aromatic carbocycles. The molecule has 0 unspecified atom stereocenters. The summed E-state index contributed by atoms with van der Waals surface area (Å²) in [5, 5.41) is 4.11. The summed E-state index contributed by atoms with van der Waals surface area (Å²) in [6, 6.07) is 10.1. The van der Waals surface area contributed by atoms with Gasteiger partial charge in [-0.2, -0.15) is 0 Å². The lowest BCUT2D eigenvalue weighted by molar-refractivity contribution is 0.130. The zero-order chi connectivity index (χ0) is 10.3. The molecule has 0 N–H and O–H groups in total. The van der Waals surface area contributed by atoms with Crippen LogP contribution in [0.4, 0.5) is 0 Å². The third-order valence-corrected chi connectivity index (χ3v) is 2.37. The molecule has 2 heteroatoms. The maximum atomic E-state index is 5.30. The van der Waals surface area contributed by atoms with Crippen LogP contribution in [0.2, 0.25) is 0 Å². The fourth-order valence-corrected chi connectivity index (χ4v) is 1.54. The van der Waals surface area contributed by atoms with Crippen LogP contribution in [-0.2, 0) is 11.4 Å². The van der Waals surface area contributed by atoms with E-state index in [0.717, 1.165) is 24.1 Å². The molecule has 0 amide bonds. The molecule has 0 spiro atoms. The van der Waals surface area contributed by atoms with Crippen LogP contribution < -0.4 is 0 Å². The summed E-state index contributed by atoms with van der Waals surface area (Å²) >= 11 is 0. The highest BCUT2D eigenvalue weighted by Gasteiger charge is 2.00. The van der Waals surface area contributed by atoms with Gasteiger partial charge in [0.1, 0.15) is 6.61 Å². The van der Waals surface area contributed by atoms with Crippen LogP contribution in [0.25, 0.3) is 0 Å². The van der Waals surface area contributed by atoms with Gasteiger partial charge < -0.3 is 4.84 Å². The summed E-state index contributed by atoms with van der Waals surface area (Å²) in [5.74, 6) is 0. The van der Waals surface area contributed by atoms with Gasteiger partial charge in [0, 0.05) is 0 Å². The lowest BCUT2D eigenvalue weighted by Gasteiger charge is -2.05. The molecule has 15 heavy (non-hydrogen) atoms. The topological polar surface area (TPSA) is 21.6 Å². The second-order valence-corrected chi connectivity index (χ2v) is 3.64. The van der Waals surface area contributed by atoms with Crippen LogP contribution in [0.15, 0.2) is 47.6 Å². The van der Waals surface area contributed by atoms with E-state index in [1.165, 1.54) is 6.42 Å². The van der Waals surface area contributed by atoms with Gasteiger partial charge >= 0.3 is 0 Å². The number of allylic oxidation sites excluding steroid dienone is 2. The maximum absolute atomic E-state index is 5.30. The average molecular weight is 201 g/mol. The van der Waals surface area contributed by atoms with E-state index in [-0.39, 0.29) is 0 Å². The van der Waals surface area contributed by atoms with Gasteiger partial charge in [0.05, 0.1) is 5.71 Å². The number of hydrogen-bond donors (Lipinski definition) is 0. The number of benzene rings is 1. The van der Waals surface area contributed by atoms with Crippen LogP contribution in [0, 0.1) is 0 Å². The highest BCUT2D eigenvalue weighted by Crippen LogP contribution is 2.08. The average Bonchev–Trinajstić information content (AvgIpc) is 2.32. The second-order valence-electron chi connectivity index (χ2n) is 3.64. The second kappa shape index (κ2) is 5.35. The van der Waals surface area contributed by atoms with Crippen molar-refractivity contribution < 1.29 is 4.84 Å². The summed E-state index contributed by atoms with van der Waals surface area (Å²) < 4.78 is 0. The Bertz CT molecular complexity index is 354. The van der Waals surface area contributed by atoms with Crippen molar-refractivity contribution in [2.45, 2.75) is 25.9 Å². The third-order valence-electron chi connectivity index (χ3n) is 2.37. The SMILES string of the molecule is C1=C/C(=N/OCc2ccccc2)CCC1. The van der Waals surface area contributed by atoms with E-state index in [9.17, 15) is 0 Å². The first-order valence-corrected chi connectivity index (χ1v) is 5.34. The molecule has 0 bridgehead atoms. The van der Waals surface area contributed by atoms with Gasteiger partial charge in [-0.1, -0.05) is 41.6 Å². The lowest BCUT2D eigenvalue weighted by Crippen LogP contribution is -1.99. The Kier molecular flexibility index (Phi) is 3.55. The van der Waals surface area contributed by atoms with Gasteiger partial charge in [0.15, 0.2) is 0 Å². The van der Waals surface area contributed by atoms with E-state index in [1.54, 1.807) is 0 Å². The Balaban J connectivity index is 1.84. The van der Waals surface area contributed by atoms with Crippen LogP contribution in [0.3, 0.4) is 0 Å². The molecule has 2 rings (SSSR count). The molecule has 2 nitrogen and oxygen atoms in total. The Labute approximate surface area is 90.3 Å². The summed E-state index contributed by atoms with van der Waals surface area (Å²) in [6.45, 7) is 0.554. The van der Waals surface area contributed by atoms with Crippen LogP contribution in [-0.4, -0.2) is 5.71 Å². The van der Waals surface area contributed by atoms with Gasteiger partial charge in [-0.25, -0.2) is 0 Å². The van der Waals surface area contributed by atoms with E-state index >= 15 is 0 Å². The quantitative estimate of drug-likeness (QED) is 0.687. The molecule has 0 aromatic heterocycles. The van der Waals surface area contributed by atoms with E-state index in [2.05, 4.69) is 17.3 Å². The first-order chi connectivity index (χ1) is 7.45. The van der Waals surface area contributed by atoms with Crippen molar-refractivity contribution in [2.75, 3.05) is 0 Å². The summed E-state index contributed by atoms with van der Waals surface area (Å²) in [5.41, 5.74) is 2.21. The van der Waals surface area contributed by atoms with Gasteiger partial charge in [-0.15, -0.1) is 0 Å². The monoisotopic (exact) mass is 201 g/mol. The van der Waals surface area contributed by atoms with Gasteiger partial charge in [0.25, 0.3) is 0 Å². The van der Waals surface area contributed by atoms with Gasteiger partial charge in [0.2, 0.25) is 0 Å². The first-order valence-electron chi connectivity index (χ1n) is 5.34. The van der Waals surface area contributed by atoms with E-state index in [0.29, 0.717) is 6.61 Å². The van der Waals surface area contributed by atoms with Crippen molar-refractivity contribution in [2.24, 2.45) is 5.16 Å². The fraction of sp³-hybridized carbons (Fsp3) is 0.308. The molecular weight excluding hydrogens is 186 g/mol. The Morgan fingerprint density at radius 2 is 2.07 bits per heavy atom. The lowest BCUT2D eigenvalue weighted by atomic mass is 10.1. The molecule has 0 radical (unpaired) electrons. The molecule has 0 fully saturated rings.